The van der Waals surface area contributed by atoms with Gasteiger partial charge in [-0.05, 0) is 67.0 Å². The highest BCUT2D eigenvalue weighted by Gasteiger charge is 2.38. The lowest BCUT2D eigenvalue weighted by Gasteiger charge is -2.32. The first-order valence-electron chi connectivity index (χ1n) is 13.3. The summed E-state index contributed by atoms with van der Waals surface area (Å²) in [6, 6.07) is 24.5. The molecule has 2 amide bonds. The van der Waals surface area contributed by atoms with Crippen molar-refractivity contribution in [3.05, 3.63) is 89.5 Å². The van der Waals surface area contributed by atoms with Crippen LogP contribution in [-0.2, 0) is 11.2 Å². The third-order valence-corrected chi connectivity index (χ3v) is 7.80. The lowest BCUT2D eigenvalue weighted by Crippen LogP contribution is -2.42. The van der Waals surface area contributed by atoms with Crippen LogP contribution < -0.4 is 16.8 Å². The van der Waals surface area contributed by atoms with Crippen LogP contribution >= 0.6 is 0 Å². The second-order valence-electron chi connectivity index (χ2n) is 10.4. The number of para-hydroxylation sites is 1. The molecule has 3 atom stereocenters. The molecular formula is C31H36N4O2. The van der Waals surface area contributed by atoms with Gasteiger partial charge in [0.25, 0.3) is 0 Å². The van der Waals surface area contributed by atoms with Crippen LogP contribution in [0.1, 0.15) is 53.1 Å². The smallest absolute Gasteiger partial charge is 0.249 e. The Balaban J connectivity index is 1.09. The molecule has 2 aliphatic rings. The van der Waals surface area contributed by atoms with Crippen molar-refractivity contribution in [2.24, 2.45) is 11.7 Å². The maximum Gasteiger partial charge on any atom is 0.249 e. The van der Waals surface area contributed by atoms with E-state index in [0.717, 1.165) is 55.6 Å². The molecule has 1 aliphatic heterocycles. The van der Waals surface area contributed by atoms with Crippen LogP contribution in [0.15, 0.2) is 72.8 Å². The molecule has 6 heteroatoms. The van der Waals surface area contributed by atoms with E-state index in [-0.39, 0.29) is 5.91 Å². The Morgan fingerprint density at radius 1 is 1.00 bits per heavy atom. The topological polar surface area (TPSA) is 101 Å². The normalized spacial score (nSPS) is 21.1. The summed E-state index contributed by atoms with van der Waals surface area (Å²) in [6.07, 6.45) is 4.55. The minimum atomic E-state index is -0.468. The van der Waals surface area contributed by atoms with Crippen molar-refractivity contribution in [1.82, 2.24) is 10.2 Å². The number of nitrogens with one attached hydrogen (secondary N) is 1. The Bertz CT molecular complexity index is 1260. The zero-order valence-corrected chi connectivity index (χ0v) is 21.2. The number of rotatable bonds is 10. The van der Waals surface area contributed by atoms with Gasteiger partial charge in [0.15, 0.2) is 0 Å². The fraction of sp³-hybridized carbons (Fsp3) is 0.355. The van der Waals surface area contributed by atoms with E-state index in [1.54, 1.807) is 6.07 Å². The summed E-state index contributed by atoms with van der Waals surface area (Å²) < 4.78 is 0. The second kappa shape index (κ2) is 11.2. The number of nitrogens with zero attached hydrogens (tertiary/aromatic N) is 1. The summed E-state index contributed by atoms with van der Waals surface area (Å²) >= 11 is 0. The number of amides is 2. The highest BCUT2D eigenvalue weighted by atomic mass is 16.2. The Morgan fingerprint density at radius 2 is 1.78 bits per heavy atom. The average Bonchev–Trinajstić information content (AvgIpc) is 3.69. The molecule has 192 valence electrons. The van der Waals surface area contributed by atoms with Crippen molar-refractivity contribution in [2.75, 3.05) is 25.4 Å². The molecule has 1 saturated heterocycles. The average molecular weight is 497 g/mol. The van der Waals surface area contributed by atoms with Gasteiger partial charge in [-0.25, -0.2) is 0 Å². The summed E-state index contributed by atoms with van der Waals surface area (Å²) in [5, 5.41) is 3.70. The highest BCUT2D eigenvalue weighted by molar-refractivity contribution is 6.01. The maximum absolute atomic E-state index is 12.8. The van der Waals surface area contributed by atoms with E-state index in [0.29, 0.717) is 35.5 Å². The van der Waals surface area contributed by atoms with Gasteiger partial charge in [-0.2, -0.15) is 0 Å². The lowest BCUT2D eigenvalue weighted by atomic mass is 9.94. The zero-order chi connectivity index (χ0) is 25.8. The van der Waals surface area contributed by atoms with Crippen molar-refractivity contribution in [1.29, 1.82) is 0 Å². The van der Waals surface area contributed by atoms with Crippen molar-refractivity contribution in [3.8, 4) is 11.1 Å². The number of benzene rings is 3. The van der Waals surface area contributed by atoms with Gasteiger partial charge in [0.1, 0.15) is 0 Å². The minimum absolute atomic E-state index is 0.260. The van der Waals surface area contributed by atoms with E-state index in [2.05, 4.69) is 35.6 Å². The van der Waals surface area contributed by atoms with Gasteiger partial charge in [-0.3, -0.25) is 9.59 Å². The molecule has 1 saturated carbocycles. The van der Waals surface area contributed by atoms with Crippen LogP contribution in [0.2, 0.25) is 0 Å². The number of carbonyl (C=O) groups is 2. The van der Waals surface area contributed by atoms with E-state index < -0.39 is 5.91 Å². The molecule has 3 aromatic rings. The van der Waals surface area contributed by atoms with Crippen molar-refractivity contribution in [2.45, 2.75) is 44.1 Å². The van der Waals surface area contributed by atoms with Gasteiger partial charge >= 0.3 is 0 Å². The monoisotopic (exact) mass is 496 g/mol. The quantitative estimate of drug-likeness (QED) is 0.363. The summed E-state index contributed by atoms with van der Waals surface area (Å²) in [4.78, 5) is 26.8. The Morgan fingerprint density at radius 3 is 2.54 bits per heavy atom. The number of likely N-dealkylation sites (tertiary alicyclic amines) is 1. The number of hydrogen-bond donors (Lipinski definition) is 3. The van der Waals surface area contributed by atoms with E-state index in [1.165, 1.54) is 12.0 Å². The van der Waals surface area contributed by atoms with E-state index in [4.69, 9.17) is 11.5 Å². The first-order chi connectivity index (χ1) is 18.0. The first-order valence-corrected chi connectivity index (χ1v) is 13.3. The van der Waals surface area contributed by atoms with Crippen LogP contribution in [0.3, 0.4) is 0 Å². The van der Waals surface area contributed by atoms with Gasteiger partial charge in [-0.1, -0.05) is 60.7 Å². The molecule has 37 heavy (non-hydrogen) atoms. The van der Waals surface area contributed by atoms with Crippen LogP contribution in [0, 0.1) is 5.92 Å². The summed E-state index contributed by atoms with van der Waals surface area (Å²) in [5.74, 6) is 0.828. The zero-order valence-electron chi connectivity index (χ0n) is 21.2. The number of aryl methyl sites for hydroxylation is 1. The second-order valence-corrected chi connectivity index (χ2v) is 10.4. The molecule has 3 aromatic carbocycles. The molecular weight excluding hydrogens is 460 g/mol. The molecule has 6 nitrogen and oxygen atoms in total. The van der Waals surface area contributed by atoms with Gasteiger partial charge in [0.2, 0.25) is 11.8 Å². The summed E-state index contributed by atoms with van der Waals surface area (Å²) in [5.41, 5.74) is 17.0. The summed E-state index contributed by atoms with van der Waals surface area (Å²) in [6.45, 7) is 2.49. The van der Waals surface area contributed by atoms with Gasteiger partial charge < -0.3 is 21.7 Å². The number of anilines is 1. The number of hydrogen-bond acceptors (Lipinski definition) is 4. The van der Waals surface area contributed by atoms with Crippen molar-refractivity contribution < 1.29 is 9.59 Å². The Kier molecular flexibility index (Phi) is 7.56. The summed E-state index contributed by atoms with van der Waals surface area (Å²) in [7, 11) is 0. The van der Waals surface area contributed by atoms with Crippen LogP contribution in [0.5, 0.6) is 0 Å². The number of primary amides is 1. The predicted molar refractivity (Wildman–Crippen MR) is 148 cm³/mol. The molecule has 0 bridgehead atoms. The molecule has 5 N–H and O–H groups in total. The largest absolute Gasteiger partial charge is 0.398 e. The van der Waals surface area contributed by atoms with Crippen LogP contribution in [0.25, 0.3) is 11.1 Å². The molecule has 2 fully saturated rings. The first kappa shape index (κ1) is 25.0. The van der Waals surface area contributed by atoms with E-state index >= 15 is 0 Å². The highest BCUT2D eigenvalue weighted by Crippen LogP contribution is 2.40. The molecule has 3 unspecified atom stereocenters. The minimum Gasteiger partial charge on any atom is -0.398 e. The molecule has 0 aromatic heterocycles. The SMILES string of the molecule is NC(=O)c1ccc(CCCN2CCC(CNC3CC3c3ccccc3)CC2=O)cc1-c1ccccc1N. The van der Waals surface area contributed by atoms with Crippen LogP contribution in [-0.4, -0.2) is 42.4 Å². The third-order valence-electron chi connectivity index (χ3n) is 7.80. The standard InChI is InChI=1S/C31H36N4O2/c32-28-11-5-4-10-24(28)27-17-21(12-13-25(27)31(33)37)7-6-15-35-16-14-22(18-30(35)36)20-34-29-19-26(29)23-8-2-1-3-9-23/h1-5,8-13,17,22,26,29,34H,6-7,14-16,18-20,32H2,(H2,33,37). The number of carbonyl (C=O) groups excluding carboxylic acids is 2. The van der Waals surface area contributed by atoms with Gasteiger partial charge in [0.05, 0.1) is 0 Å². The molecule has 1 aliphatic carbocycles. The number of nitrogens with two attached hydrogens (primary N) is 2. The lowest BCUT2D eigenvalue weighted by molar-refractivity contribution is -0.135. The van der Waals surface area contributed by atoms with Crippen molar-refractivity contribution in [3.63, 3.8) is 0 Å². The van der Waals surface area contributed by atoms with Gasteiger partial charge in [-0.15, -0.1) is 0 Å². The van der Waals surface area contributed by atoms with Crippen LogP contribution in [0.4, 0.5) is 5.69 Å². The Hall–Kier alpha value is -3.64. The third kappa shape index (κ3) is 6.03. The van der Waals surface area contributed by atoms with Crippen molar-refractivity contribution >= 4 is 17.5 Å². The fourth-order valence-electron chi connectivity index (χ4n) is 5.56. The van der Waals surface area contributed by atoms with E-state index in [1.807, 2.05) is 41.3 Å². The Labute approximate surface area is 219 Å². The van der Waals surface area contributed by atoms with E-state index in [9.17, 15) is 9.59 Å². The molecule has 0 radical (unpaired) electrons. The fourth-order valence-corrected chi connectivity index (χ4v) is 5.56. The molecule has 5 rings (SSSR count). The number of nitrogen functional groups attached to an aromatic ring is 1. The van der Waals surface area contributed by atoms with Gasteiger partial charge in [0, 0.05) is 48.3 Å². The molecule has 1 heterocycles. The number of piperidine rings is 1. The molecule has 0 spiro atoms. The predicted octanol–water partition coefficient (Wildman–Crippen LogP) is 4.35. The maximum atomic E-state index is 12.8.